The highest BCUT2D eigenvalue weighted by Gasteiger charge is 2.35. The SMILES string of the molecule is C=CC(=O)Nc1cc(C)ccc1N=C(C)C(=CNC(=C)C)C(F)(F)F. The Labute approximate surface area is 144 Å². The van der Waals surface area contributed by atoms with E-state index in [1.165, 1.54) is 13.0 Å². The maximum Gasteiger partial charge on any atom is 0.419 e. The minimum atomic E-state index is -4.59. The third-order valence-corrected chi connectivity index (χ3v) is 3.04. The highest BCUT2D eigenvalue weighted by molar-refractivity contribution is 6.04. The molecule has 0 saturated carbocycles. The molecule has 1 rings (SSSR count). The number of hydrogen-bond donors (Lipinski definition) is 2. The van der Waals surface area contributed by atoms with Crippen molar-refractivity contribution < 1.29 is 18.0 Å². The number of nitrogens with zero attached hydrogens (tertiary/aromatic N) is 1. The van der Waals surface area contributed by atoms with Gasteiger partial charge in [0.25, 0.3) is 0 Å². The van der Waals surface area contributed by atoms with Crippen molar-refractivity contribution in [2.45, 2.75) is 26.9 Å². The molecule has 0 heterocycles. The fourth-order valence-corrected chi connectivity index (χ4v) is 1.86. The summed E-state index contributed by atoms with van der Waals surface area (Å²) >= 11 is 0. The molecule has 2 N–H and O–H groups in total. The molecule has 1 amide bonds. The van der Waals surface area contributed by atoms with E-state index in [0.29, 0.717) is 11.4 Å². The lowest BCUT2D eigenvalue weighted by Crippen LogP contribution is -2.21. The number of halogens is 3. The summed E-state index contributed by atoms with van der Waals surface area (Å²) in [6.45, 7) is 11.4. The van der Waals surface area contributed by atoms with Crippen LogP contribution in [0.2, 0.25) is 0 Å². The highest BCUT2D eigenvalue weighted by Crippen LogP contribution is 2.31. The summed E-state index contributed by atoms with van der Waals surface area (Å²) in [6.07, 6.45) is -2.71. The number of nitrogens with one attached hydrogen (secondary N) is 2. The van der Waals surface area contributed by atoms with Gasteiger partial charge in [-0.3, -0.25) is 9.79 Å². The Morgan fingerprint density at radius 2 is 1.92 bits per heavy atom. The second kappa shape index (κ2) is 8.32. The van der Waals surface area contributed by atoms with Crippen molar-refractivity contribution in [3.63, 3.8) is 0 Å². The van der Waals surface area contributed by atoms with Crippen LogP contribution in [0.15, 0.2) is 59.9 Å². The summed E-state index contributed by atoms with van der Waals surface area (Å²) in [6, 6.07) is 4.85. The van der Waals surface area contributed by atoms with E-state index < -0.39 is 17.7 Å². The largest absolute Gasteiger partial charge is 0.419 e. The van der Waals surface area contributed by atoms with Gasteiger partial charge in [-0.1, -0.05) is 19.2 Å². The van der Waals surface area contributed by atoms with Crippen LogP contribution >= 0.6 is 0 Å². The van der Waals surface area contributed by atoms with E-state index in [2.05, 4.69) is 28.8 Å². The summed E-state index contributed by atoms with van der Waals surface area (Å²) < 4.78 is 39.8. The highest BCUT2D eigenvalue weighted by atomic mass is 19.4. The number of amides is 1. The molecule has 0 atom stereocenters. The Hall–Kier alpha value is -2.83. The van der Waals surface area contributed by atoms with Crippen LogP contribution in [-0.4, -0.2) is 17.8 Å². The second-order valence-corrected chi connectivity index (χ2v) is 5.39. The number of anilines is 1. The van der Waals surface area contributed by atoms with Gasteiger partial charge >= 0.3 is 6.18 Å². The molecule has 4 nitrogen and oxygen atoms in total. The van der Waals surface area contributed by atoms with Gasteiger partial charge in [-0.25, -0.2) is 0 Å². The van der Waals surface area contributed by atoms with Crippen molar-refractivity contribution in [3.8, 4) is 0 Å². The van der Waals surface area contributed by atoms with Gasteiger partial charge in [-0.05, 0) is 44.5 Å². The average Bonchev–Trinajstić information content (AvgIpc) is 2.48. The van der Waals surface area contributed by atoms with Gasteiger partial charge < -0.3 is 10.6 Å². The molecule has 1 aromatic rings. The Kier molecular flexibility index (Phi) is 6.73. The summed E-state index contributed by atoms with van der Waals surface area (Å²) in [5.74, 6) is -0.477. The molecule has 25 heavy (non-hydrogen) atoms. The summed E-state index contributed by atoms with van der Waals surface area (Å²) in [5.41, 5.74) is 0.522. The number of aliphatic imine (C=N–C) groups is 1. The topological polar surface area (TPSA) is 53.5 Å². The third kappa shape index (κ3) is 6.29. The van der Waals surface area contributed by atoms with Crippen LogP contribution in [0.4, 0.5) is 24.5 Å². The average molecular weight is 351 g/mol. The van der Waals surface area contributed by atoms with Crippen molar-refractivity contribution in [2.24, 2.45) is 4.99 Å². The number of hydrogen-bond acceptors (Lipinski definition) is 3. The summed E-state index contributed by atoms with van der Waals surface area (Å²) in [7, 11) is 0. The number of allylic oxidation sites excluding steroid dienone is 2. The second-order valence-electron chi connectivity index (χ2n) is 5.39. The molecule has 0 aliphatic carbocycles. The molecule has 0 aliphatic rings. The maximum atomic E-state index is 13.3. The first kappa shape index (κ1) is 20.2. The number of carbonyl (C=O) groups is 1. The lowest BCUT2D eigenvalue weighted by Gasteiger charge is -2.14. The van der Waals surface area contributed by atoms with Crippen molar-refractivity contribution in [1.82, 2.24) is 5.32 Å². The Morgan fingerprint density at radius 3 is 2.44 bits per heavy atom. The molecular weight excluding hydrogens is 331 g/mol. The molecule has 0 fully saturated rings. The van der Waals surface area contributed by atoms with E-state index in [9.17, 15) is 18.0 Å². The number of alkyl halides is 3. The Bertz CT molecular complexity index is 746. The van der Waals surface area contributed by atoms with Gasteiger partial charge in [0, 0.05) is 11.9 Å². The molecule has 0 radical (unpaired) electrons. The number of benzene rings is 1. The molecule has 0 spiro atoms. The van der Waals surface area contributed by atoms with Crippen molar-refractivity contribution in [2.75, 3.05) is 5.32 Å². The van der Waals surface area contributed by atoms with Gasteiger partial charge in [-0.2, -0.15) is 13.2 Å². The van der Waals surface area contributed by atoms with Crippen molar-refractivity contribution in [1.29, 1.82) is 0 Å². The molecular formula is C18H20F3N3O. The molecule has 0 aromatic heterocycles. The number of rotatable bonds is 6. The van der Waals surface area contributed by atoms with Crippen LogP contribution in [0, 0.1) is 6.92 Å². The fraction of sp³-hybridized carbons (Fsp3) is 0.222. The third-order valence-electron chi connectivity index (χ3n) is 3.04. The number of carbonyl (C=O) groups excluding carboxylic acids is 1. The molecule has 1 aromatic carbocycles. The molecule has 7 heteroatoms. The van der Waals surface area contributed by atoms with E-state index in [1.54, 1.807) is 26.0 Å². The van der Waals surface area contributed by atoms with E-state index in [4.69, 9.17) is 0 Å². The van der Waals surface area contributed by atoms with Gasteiger partial charge in [0.1, 0.15) is 0 Å². The monoisotopic (exact) mass is 351 g/mol. The molecule has 134 valence electrons. The minimum absolute atomic E-state index is 0.212. The van der Waals surface area contributed by atoms with Crippen LogP contribution in [-0.2, 0) is 4.79 Å². The van der Waals surface area contributed by atoms with E-state index in [1.807, 2.05) is 0 Å². The Morgan fingerprint density at radius 1 is 1.28 bits per heavy atom. The lowest BCUT2D eigenvalue weighted by atomic mass is 10.1. The van der Waals surface area contributed by atoms with E-state index in [0.717, 1.165) is 17.8 Å². The van der Waals surface area contributed by atoms with E-state index in [-0.39, 0.29) is 11.4 Å². The standard InChI is InChI=1S/C18H20F3N3O/c1-6-17(25)24-16-9-12(4)7-8-15(16)23-13(5)14(18(19,20)21)10-22-11(2)3/h6-10,22H,1-2H2,3-5H3,(H,24,25). The van der Waals surface area contributed by atoms with E-state index >= 15 is 0 Å². The number of aryl methyl sites for hydroxylation is 1. The predicted octanol–water partition coefficient (Wildman–Crippen LogP) is 4.78. The first-order valence-corrected chi connectivity index (χ1v) is 7.33. The van der Waals surface area contributed by atoms with Crippen LogP contribution in [0.25, 0.3) is 0 Å². The zero-order valence-corrected chi connectivity index (χ0v) is 14.3. The van der Waals surface area contributed by atoms with Gasteiger partial charge in [0.05, 0.1) is 22.7 Å². The molecule has 0 bridgehead atoms. The zero-order valence-electron chi connectivity index (χ0n) is 14.3. The van der Waals surface area contributed by atoms with Crippen molar-refractivity contribution >= 4 is 23.0 Å². The van der Waals surface area contributed by atoms with Gasteiger partial charge in [0.15, 0.2) is 0 Å². The van der Waals surface area contributed by atoms with Crippen molar-refractivity contribution in [3.05, 3.63) is 60.5 Å². The van der Waals surface area contributed by atoms with Crippen LogP contribution < -0.4 is 10.6 Å². The lowest BCUT2D eigenvalue weighted by molar-refractivity contribution is -0.111. The van der Waals surface area contributed by atoms with Crippen LogP contribution in [0.3, 0.4) is 0 Å². The smallest absolute Gasteiger partial charge is 0.365 e. The van der Waals surface area contributed by atoms with Gasteiger partial charge in [-0.15, -0.1) is 0 Å². The van der Waals surface area contributed by atoms with Crippen LogP contribution in [0.5, 0.6) is 0 Å². The normalized spacial score (nSPS) is 12.6. The summed E-state index contributed by atoms with van der Waals surface area (Å²) in [4.78, 5) is 15.6. The maximum absolute atomic E-state index is 13.3. The first-order chi connectivity index (χ1) is 11.5. The molecule has 0 saturated heterocycles. The summed E-state index contributed by atoms with van der Waals surface area (Å²) in [5, 5.41) is 4.98. The Balaban J connectivity index is 3.35. The minimum Gasteiger partial charge on any atom is -0.365 e. The predicted molar refractivity (Wildman–Crippen MR) is 94.9 cm³/mol. The van der Waals surface area contributed by atoms with Gasteiger partial charge in [0.2, 0.25) is 5.91 Å². The molecule has 0 aliphatic heterocycles. The zero-order chi connectivity index (χ0) is 19.2. The molecule has 0 unspecified atom stereocenters. The fourth-order valence-electron chi connectivity index (χ4n) is 1.86. The van der Waals surface area contributed by atoms with Crippen LogP contribution in [0.1, 0.15) is 19.4 Å². The first-order valence-electron chi connectivity index (χ1n) is 7.33. The quantitative estimate of drug-likeness (QED) is 0.572.